The van der Waals surface area contributed by atoms with Crippen molar-refractivity contribution in [2.75, 3.05) is 6.54 Å². The molecule has 8 heteroatoms. The molecule has 1 amide bonds. The van der Waals surface area contributed by atoms with Gasteiger partial charge in [0.15, 0.2) is 5.82 Å². The number of piperidine rings is 1. The van der Waals surface area contributed by atoms with Crippen molar-refractivity contribution in [3.8, 4) is 11.6 Å². The first-order valence-corrected chi connectivity index (χ1v) is 8.93. The minimum atomic E-state index is -0.602. The van der Waals surface area contributed by atoms with Crippen LogP contribution in [0.2, 0.25) is 0 Å². The van der Waals surface area contributed by atoms with Crippen molar-refractivity contribution >= 4 is 5.91 Å². The van der Waals surface area contributed by atoms with Crippen LogP contribution in [0.4, 0.5) is 4.39 Å². The molecule has 0 aromatic carbocycles. The zero-order valence-corrected chi connectivity index (χ0v) is 15.1. The lowest BCUT2D eigenvalue weighted by atomic mass is 9.92. The van der Waals surface area contributed by atoms with Crippen LogP contribution in [0.3, 0.4) is 0 Å². The molecule has 0 aliphatic carbocycles. The maximum absolute atomic E-state index is 13.0. The molecule has 3 aromatic heterocycles. The number of hydrogen-bond acceptors (Lipinski definition) is 5. The van der Waals surface area contributed by atoms with Crippen LogP contribution in [0.5, 0.6) is 0 Å². The van der Waals surface area contributed by atoms with Gasteiger partial charge in [-0.2, -0.15) is 9.37 Å². The van der Waals surface area contributed by atoms with Crippen LogP contribution in [0.1, 0.15) is 47.4 Å². The Balaban J connectivity index is 1.53. The van der Waals surface area contributed by atoms with E-state index in [1.165, 1.54) is 18.3 Å². The second kappa shape index (κ2) is 6.94. The lowest BCUT2D eigenvalue weighted by Gasteiger charge is -2.37. The predicted molar refractivity (Wildman–Crippen MR) is 95.5 cm³/mol. The van der Waals surface area contributed by atoms with Gasteiger partial charge < -0.3 is 14.4 Å². The maximum Gasteiger partial charge on any atom is 0.274 e. The number of aromatic nitrogens is 4. The van der Waals surface area contributed by atoms with E-state index in [1.807, 2.05) is 26.1 Å². The highest BCUT2D eigenvalue weighted by molar-refractivity contribution is 5.94. The van der Waals surface area contributed by atoms with E-state index in [0.717, 1.165) is 24.1 Å². The molecule has 0 spiro atoms. The quantitative estimate of drug-likeness (QED) is 0.716. The molecular weight excluding hydrogens is 349 g/mol. The van der Waals surface area contributed by atoms with E-state index < -0.39 is 5.95 Å². The molecule has 1 aliphatic heterocycles. The van der Waals surface area contributed by atoms with Crippen molar-refractivity contribution in [2.24, 2.45) is 0 Å². The number of carbonyl (C=O) groups is 1. The first-order valence-electron chi connectivity index (χ1n) is 8.93. The molecule has 0 unspecified atom stereocenters. The Morgan fingerprint density at radius 2 is 2.22 bits per heavy atom. The van der Waals surface area contributed by atoms with Gasteiger partial charge in [-0.1, -0.05) is 5.16 Å². The van der Waals surface area contributed by atoms with Crippen LogP contribution in [0.25, 0.3) is 11.6 Å². The zero-order valence-electron chi connectivity index (χ0n) is 15.1. The lowest BCUT2D eigenvalue weighted by Crippen LogP contribution is -2.45. The summed E-state index contributed by atoms with van der Waals surface area (Å²) in [4.78, 5) is 25.8. The molecule has 0 bridgehead atoms. The van der Waals surface area contributed by atoms with Crippen molar-refractivity contribution in [3.63, 3.8) is 0 Å². The van der Waals surface area contributed by atoms with Crippen LogP contribution in [0, 0.1) is 12.9 Å². The van der Waals surface area contributed by atoms with Gasteiger partial charge in [-0.25, -0.2) is 4.98 Å². The number of rotatable bonds is 3. The molecule has 1 N–H and O–H groups in total. The Bertz CT molecular complexity index is 949. The number of carbonyl (C=O) groups excluding carboxylic acids is 1. The summed E-state index contributed by atoms with van der Waals surface area (Å²) in [5, 5.41) is 4.12. The number of nitrogens with one attached hydrogen (secondary N) is 1. The van der Waals surface area contributed by atoms with Crippen LogP contribution >= 0.6 is 0 Å². The smallest absolute Gasteiger partial charge is 0.274 e. The van der Waals surface area contributed by atoms with E-state index in [1.54, 1.807) is 4.90 Å². The summed E-state index contributed by atoms with van der Waals surface area (Å²) in [6, 6.07) is 4.68. The Labute approximate surface area is 155 Å². The van der Waals surface area contributed by atoms with Gasteiger partial charge in [0.1, 0.15) is 5.69 Å². The number of hydrogen-bond donors (Lipinski definition) is 1. The van der Waals surface area contributed by atoms with E-state index in [4.69, 9.17) is 4.52 Å². The van der Waals surface area contributed by atoms with Crippen molar-refractivity contribution in [2.45, 2.75) is 38.6 Å². The van der Waals surface area contributed by atoms with Crippen molar-refractivity contribution in [3.05, 3.63) is 53.5 Å². The molecule has 1 aliphatic rings. The molecule has 140 valence electrons. The summed E-state index contributed by atoms with van der Waals surface area (Å²) in [7, 11) is 0. The average molecular weight is 369 g/mol. The molecule has 7 nitrogen and oxygen atoms in total. The number of likely N-dealkylation sites (tertiary alicyclic amines) is 1. The van der Waals surface area contributed by atoms with Crippen LogP contribution in [0.15, 0.2) is 35.1 Å². The van der Waals surface area contributed by atoms with E-state index >= 15 is 0 Å². The highest BCUT2D eigenvalue weighted by atomic mass is 19.1. The Kier molecular flexibility index (Phi) is 4.47. The van der Waals surface area contributed by atoms with Crippen molar-refractivity contribution < 1.29 is 13.7 Å². The van der Waals surface area contributed by atoms with Gasteiger partial charge in [0, 0.05) is 30.9 Å². The number of aromatic amines is 1. The highest BCUT2D eigenvalue weighted by Crippen LogP contribution is 2.30. The molecule has 3 aromatic rings. The third-order valence-corrected chi connectivity index (χ3v) is 4.98. The Morgan fingerprint density at radius 3 is 2.93 bits per heavy atom. The summed E-state index contributed by atoms with van der Waals surface area (Å²) in [6.45, 7) is 4.47. The second-order valence-electron chi connectivity index (χ2n) is 7.00. The fourth-order valence-corrected chi connectivity index (χ4v) is 3.41. The summed E-state index contributed by atoms with van der Waals surface area (Å²) in [6.07, 6.45) is 4.85. The summed E-state index contributed by atoms with van der Waals surface area (Å²) in [5.41, 5.74) is 2.24. The van der Waals surface area contributed by atoms with Crippen molar-refractivity contribution in [1.82, 2.24) is 25.0 Å². The normalized spacial score (nSPS) is 20.0. The standard InChI is InChI=1S/C19H20FN5O2/c1-11-7-15(21-8-11)18-23-17(24-27-18)14-4-3-12(2)25(10-14)19(26)13-5-6-16(20)22-9-13/h5-9,12,14,21H,3-4,10H2,1-2H3/t12-,14+/m1/s1. The minimum Gasteiger partial charge on any atom is -0.357 e. The van der Waals surface area contributed by atoms with E-state index in [2.05, 4.69) is 20.1 Å². The number of pyridine rings is 1. The van der Waals surface area contributed by atoms with Gasteiger partial charge in [-0.15, -0.1) is 0 Å². The van der Waals surface area contributed by atoms with Gasteiger partial charge in [0.2, 0.25) is 5.95 Å². The van der Waals surface area contributed by atoms with Gasteiger partial charge in [0.25, 0.3) is 11.8 Å². The molecule has 4 heterocycles. The SMILES string of the molecule is Cc1c[nH]c(-c2nc([C@H]3CC[C@@H](C)N(C(=O)c4ccc(F)nc4)C3)no2)c1. The van der Waals surface area contributed by atoms with Crippen LogP contribution < -0.4 is 0 Å². The van der Waals surface area contributed by atoms with E-state index in [-0.39, 0.29) is 17.9 Å². The third-order valence-electron chi connectivity index (χ3n) is 4.98. The summed E-state index contributed by atoms with van der Waals surface area (Å²) in [5.74, 6) is 0.266. The Hall–Kier alpha value is -3.03. The largest absolute Gasteiger partial charge is 0.357 e. The molecule has 2 atom stereocenters. The van der Waals surface area contributed by atoms with Crippen LogP contribution in [-0.2, 0) is 0 Å². The van der Waals surface area contributed by atoms with Gasteiger partial charge in [0.05, 0.1) is 5.56 Å². The summed E-state index contributed by atoms with van der Waals surface area (Å²) < 4.78 is 18.4. The zero-order chi connectivity index (χ0) is 19.0. The lowest BCUT2D eigenvalue weighted by molar-refractivity contribution is 0.0604. The van der Waals surface area contributed by atoms with Gasteiger partial charge in [-0.05, 0) is 50.5 Å². The van der Waals surface area contributed by atoms with Gasteiger partial charge >= 0.3 is 0 Å². The first kappa shape index (κ1) is 17.4. The second-order valence-corrected chi connectivity index (χ2v) is 7.00. The van der Waals surface area contributed by atoms with Crippen LogP contribution in [-0.4, -0.2) is 43.5 Å². The monoisotopic (exact) mass is 369 g/mol. The molecule has 0 radical (unpaired) electrons. The number of amides is 1. The maximum atomic E-state index is 13.0. The first-order chi connectivity index (χ1) is 13.0. The number of halogens is 1. The average Bonchev–Trinajstić information content (AvgIpc) is 3.31. The van der Waals surface area contributed by atoms with E-state index in [9.17, 15) is 9.18 Å². The predicted octanol–water partition coefficient (Wildman–Crippen LogP) is 3.32. The third kappa shape index (κ3) is 3.47. The fraction of sp³-hybridized carbons (Fsp3) is 0.368. The number of aryl methyl sites for hydroxylation is 1. The molecule has 0 saturated carbocycles. The molecule has 1 fully saturated rings. The summed E-state index contributed by atoms with van der Waals surface area (Å²) >= 11 is 0. The Morgan fingerprint density at radius 1 is 1.37 bits per heavy atom. The molecule has 4 rings (SSSR count). The number of H-pyrrole nitrogens is 1. The topological polar surface area (TPSA) is 87.9 Å². The van der Waals surface area contributed by atoms with E-state index in [0.29, 0.717) is 23.8 Å². The molecule has 27 heavy (non-hydrogen) atoms. The molecule has 1 saturated heterocycles. The van der Waals surface area contributed by atoms with Crippen molar-refractivity contribution in [1.29, 1.82) is 0 Å². The number of nitrogens with zero attached hydrogens (tertiary/aromatic N) is 4. The highest BCUT2D eigenvalue weighted by Gasteiger charge is 2.33. The van der Waals surface area contributed by atoms with Gasteiger partial charge in [-0.3, -0.25) is 4.79 Å². The molecular formula is C19H20FN5O2. The fourth-order valence-electron chi connectivity index (χ4n) is 3.41. The minimum absolute atomic E-state index is 0.00730.